The molecule has 0 saturated heterocycles. The van der Waals surface area contributed by atoms with E-state index in [1.165, 1.54) is 0 Å². The van der Waals surface area contributed by atoms with Gasteiger partial charge in [-0.25, -0.2) is 9.98 Å². The van der Waals surface area contributed by atoms with E-state index in [0.29, 0.717) is 95.9 Å². The number of hydrogen-bond donors (Lipinski definition) is 0. The van der Waals surface area contributed by atoms with Gasteiger partial charge in [0.25, 0.3) is 0 Å². The Kier molecular flexibility index (Phi) is 32.9. The molecule has 0 fully saturated rings. The molecule has 0 atom stereocenters. The maximum atomic E-state index is 13.9. The number of alkyl halides is 12. The van der Waals surface area contributed by atoms with Gasteiger partial charge in [-0.05, 0) is 85.8 Å². The van der Waals surface area contributed by atoms with Crippen molar-refractivity contribution in [3.63, 3.8) is 0 Å². The fourth-order valence-electron chi connectivity index (χ4n) is 6.89. The van der Waals surface area contributed by atoms with Gasteiger partial charge in [0.05, 0.1) is 11.4 Å². The number of allylic oxidation sites excluding steroid dienone is 4. The number of nitrogens with zero attached hydrogens (tertiary/aromatic N) is 4. The van der Waals surface area contributed by atoms with E-state index >= 15 is 0 Å². The molecule has 0 heterocycles. The predicted octanol–water partition coefficient (Wildman–Crippen LogP) is 17.8. The van der Waals surface area contributed by atoms with Crippen molar-refractivity contribution in [3.05, 3.63) is 151 Å². The van der Waals surface area contributed by atoms with E-state index in [0.717, 1.165) is 0 Å². The molecule has 0 N–H and O–H groups in total. The summed E-state index contributed by atoms with van der Waals surface area (Å²) in [7, 11) is -3.72. The second-order valence-electron chi connectivity index (χ2n) is 19.0. The first kappa shape index (κ1) is 76.1. The van der Waals surface area contributed by atoms with Gasteiger partial charge < -0.3 is 20.2 Å². The summed E-state index contributed by atoms with van der Waals surface area (Å²) in [5, 5.41) is 7.41. The van der Waals surface area contributed by atoms with Gasteiger partial charge in [0, 0.05) is 0 Å². The van der Waals surface area contributed by atoms with Crippen molar-refractivity contribution in [1.29, 1.82) is 0 Å². The van der Waals surface area contributed by atoms with Gasteiger partial charge >= 0.3 is 63.7 Å². The van der Waals surface area contributed by atoms with Crippen LogP contribution in [0.1, 0.15) is 99.9 Å². The van der Waals surface area contributed by atoms with E-state index in [2.05, 4.69) is 20.6 Å². The summed E-state index contributed by atoms with van der Waals surface area (Å²) in [6.45, 7) is 24.6. The first-order valence-corrected chi connectivity index (χ1v) is 31.9. The number of halogens is 12. The van der Waals surface area contributed by atoms with Gasteiger partial charge in [0.15, 0.2) is 0 Å². The van der Waals surface area contributed by atoms with E-state index in [1.54, 1.807) is 167 Å². The second-order valence-corrected chi connectivity index (χ2v) is 27.5. The molecular weight excluding hydrogens is 1180 g/mol. The largest absolute Gasteiger partial charge is 2.00 e. The topological polar surface area (TPSA) is 99.0 Å². The van der Waals surface area contributed by atoms with Crippen LogP contribution in [0.2, 0.25) is 39.3 Å². The van der Waals surface area contributed by atoms with Crippen LogP contribution in [0.25, 0.3) is 10.6 Å². The van der Waals surface area contributed by atoms with Crippen molar-refractivity contribution >= 4 is 50.8 Å². The summed E-state index contributed by atoms with van der Waals surface area (Å²) in [5.74, 6) is 0. The smallest absolute Gasteiger partial charge is 0.859 e. The number of aryl methyl sites for hydroxylation is 8. The molecule has 0 aliphatic heterocycles. The quantitative estimate of drug-likeness (QED) is 0.0634. The third kappa shape index (κ3) is 27.0. The minimum absolute atomic E-state index is 0. The van der Waals surface area contributed by atoms with Crippen LogP contribution in [0.5, 0.6) is 0 Å². The normalized spacial score (nSPS) is 12.9. The zero-order valence-electron chi connectivity index (χ0n) is 47.3. The summed E-state index contributed by atoms with van der Waals surface area (Å²) < 4.78 is 166. The molecule has 78 heavy (non-hydrogen) atoms. The van der Waals surface area contributed by atoms with Crippen LogP contribution in [0, 0.1) is 0 Å². The monoisotopic (exact) mass is 1240 g/mol. The number of para-hydroxylation sites is 4. The van der Waals surface area contributed by atoms with Crippen LogP contribution in [-0.2, 0) is 90.3 Å². The summed E-state index contributed by atoms with van der Waals surface area (Å²) in [4.78, 5) is 27.9. The Morgan fingerprint density at radius 1 is 0.385 bits per heavy atom. The molecule has 4 aromatic rings. The van der Waals surface area contributed by atoms with Crippen molar-refractivity contribution < 1.29 is 101 Å². The summed E-state index contributed by atoms with van der Waals surface area (Å²) >= 11 is 0. The Hall–Kier alpha value is -3.94. The molecule has 0 spiro atoms. The molecule has 0 bridgehead atoms. The van der Waals surface area contributed by atoms with Crippen LogP contribution in [-0.4, -0.2) is 52.8 Å². The Balaban J connectivity index is 0. The van der Waals surface area contributed by atoms with Crippen LogP contribution in [0.15, 0.2) is 106 Å². The summed E-state index contributed by atoms with van der Waals surface area (Å²) in [6, 6.07) is 19.8. The molecule has 0 aliphatic carbocycles. The van der Waals surface area contributed by atoms with Gasteiger partial charge in [-0.15, -0.1) is 11.4 Å². The van der Waals surface area contributed by atoms with Crippen LogP contribution in [0.4, 0.5) is 75.4 Å². The predicted molar refractivity (Wildman–Crippen MR) is 288 cm³/mol. The number of rotatable bonds is 16. The van der Waals surface area contributed by atoms with E-state index in [9.17, 15) is 62.3 Å². The first-order chi connectivity index (χ1) is 34.9. The third-order valence-corrected chi connectivity index (χ3v) is 10.5. The van der Waals surface area contributed by atoms with Crippen molar-refractivity contribution in [2.45, 2.75) is 171 Å². The molecule has 6 nitrogen and oxygen atoms in total. The molecule has 4 aromatic carbocycles. The average Bonchev–Trinajstić information content (AvgIpc) is 3.30. The molecular formula is C56H72F12N4O2Si2Zn2. The van der Waals surface area contributed by atoms with Gasteiger partial charge in [0.1, 0.15) is 11.4 Å². The molecule has 0 aromatic heterocycles. The Labute approximate surface area is 481 Å². The fraction of sp³-hybridized carbons (Fsp3) is 0.464. The summed E-state index contributed by atoms with van der Waals surface area (Å²) in [5.41, 5.74) is -2.13. The fourth-order valence-corrected chi connectivity index (χ4v) is 6.89. The SMILES string of the molecule is CCc1cccc(CC)c1N=C(/C=C(\[N-]c1c(CC)cccc1CC)C(F)(F)F)C(F)(F)F.CCc1cccc(CC)c1N=C(/C=C(\[N-]c1c(CC)cccc1CC)C(F)(F)F)C(F)(F)F.C[Si](C)(C)[O-].C[Si](C)(C)[O-].[Zn+2].[Zn+2]. The van der Waals surface area contributed by atoms with Crippen molar-refractivity contribution in [3.8, 4) is 0 Å². The molecule has 0 aliphatic rings. The van der Waals surface area contributed by atoms with Gasteiger partial charge in [0.2, 0.25) is 0 Å². The molecule has 0 saturated carbocycles. The molecule has 4 rings (SSSR count). The zero-order valence-corrected chi connectivity index (χ0v) is 55.2. The molecule has 0 radical (unpaired) electrons. The standard InChI is InChI=1S/2C25H27F6N2.2C3H9OSi.2Zn/c2*1-5-16-11-9-12-17(6-2)22(16)32-20(24(26,27)28)15-21(25(29,30)31)33-23-18(7-3)13-10-14-19(23)8-4;2*1-5(2,3)4;;/h2*9-15H,5-8H2,1-4H3;2*1-3H3;;/q4*-1;2*+2/b2*20-15-,33-21?;;;;. The maximum absolute atomic E-state index is 13.9. The molecule has 22 heteroatoms. The molecule has 0 unspecified atom stereocenters. The number of hydrogen-bond acceptors (Lipinski definition) is 4. The summed E-state index contributed by atoms with van der Waals surface area (Å²) in [6.07, 6.45) is -17.3. The van der Waals surface area contributed by atoms with Crippen molar-refractivity contribution in [2.24, 2.45) is 9.98 Å². The minimum atomic E-state index is -5.10. The van der Waals surface area contributed by atoms with Gasteiger partial charge in [-0.3, -0.25) is 0 Å². The zero-order chi connectivity index (χ0) is 58.6. The number of aliphatic imine (C=N–C) groups is 2. The number of benzene rings is 4. The van der Waals surface area contributed by atoms with Crippen LogP contribution >= 0.6 is 0 Å². The van der Waals surface area contributed by atoms with Crippen molar-refractivity contribution in [1.82, 2.24) is 0 Å². The van der Waals surface area contributed by atoms with E-state index < -0.39 is 64.2 Å². The molecule has 0 amide bonds. The second kappa shape index (κ2) is 33.7. The van der Waals surface area contributed by atoms with Gasteiger partial charge in [-0.2, -0.15) is 52.7 Å². The maximum Gasteiger partial charge on any atom is 2.00 e. The molecule has 424 valence electrons. The van der Waals surface area contributed by atoms with Gasteiger partial charge in [-0.1, -0.05) is 218 Å². The van der Waals surface area contributed by atoms with Crippen LogP contribution in [0.3, 0.4) is 0 Å². The van der Waals surface area contributed by atoms with E-state index in [1.807, 2.05) is 0 Å². The van der Waals surface area contributed by atoms with E-state index in [-0.39, 0.29) is 73.9 Å². The minimum Gasteiger partial charge on any atom is -0.859 e. The third-order valence-electron chi connectivity index (χ3n) is 10.5. The van der Waals surface area contributed by atoms with E-state index in [4.69, 9.17) is 0 Å². The van der Waals surface area contributed by atoms with Crippen LogP contribution < -0.4 is 9.59 Å². The Bertz CT molecular complexity index is 2320. The average molecular weight is 1250 g/mol. The Morgan fingerprint density at radius 2 is 0.564 bits per heavy atom. The van der Waals surface area contributed by atoms with Crippen molar-refractivity contribution in [2.75, 3.05) is 0 Å². The first-order valence-electron chi connectivity index (χ1n) is 25.1. The Morgan fingerprint density at radius 3 is 0.718 bits per heavy atom.